The maximum atomic E-state index is 12.5. The molecule has 4 aliphatic rings. The van der Waals surface area contributed by atoms with Gasteiger partial charge in [0, 0.05) is 0 Å². The van der Waals surface area contributed by atoms with Crippen LogP contribution in [0.5, 0.6) is 0 Å². The Morgan fingerprint density at radius 3 is 1.27 bits per heavy atom. The first-order valence-electron chi connectivity index (χ1n) is 15.5. The van der Waals surface area contributed by atoms with Crippen LogP contribution in [-0.2, 0) is 22.4 Å². The van der Waals surface area contributed by atoms with Crippen LogP contribution in [0, 0.1) is 39.5 Å². The molecule has 0 spiro atoms. The maximum absolute atomic E-state index is 12.5. The number of rotatable bonds is 6. The Morgan fingerprint density at radius 1 is 0.682 bits per heavy atom. The van der Waals surface area contributed by atoms with E-state index in [0.717, 1.165) is 71.9 Å². The second kappa shape index (κ2) is 13.0. The standard InChI is InChI=1S/2C18H23NO2.Na.H2O/c2*1-5-12-9-10(2)8-11(3)14(12)15-16(20)18(4,13-6-7-13)19-17(15)21;;/h2*8-9,13,20H,5-7H2,1-4H3,(H,19,21);;1H2/q;;+1;/p-1. The summed E-state index contributed by atoms with van der Waals surface area (Å²) < 4.78 is 0. The number of carbonyl (C=O) groups excluding carboxylic acids is 2. The molecule has 2 aliphatic heterocycles. The van der Waals surface area contributed by atoms with Gasteiger partial charge in [0.25, 0.3) is 11.8 Å². The van der Waals surface area contributed by atoms with Crippen LogP contribution in [0.4, 0.5) is 0 Å². The van der Waals surface area contributed by atoms with Crippen molar-refractivity contribution < 1.29 is 54.8 Å². The van der Waals surface area contributed by atoms with Crippen molar-refractivity contribution in [3.8, 4) is 0 Å². The number of aliphatic hydroxyl groups excluding tert-OH is 2. The number of carbonyl (C=O) groups is 2. The second-order valence-electron chi connectivity index (χ2n) is 13.2. The second-order valence-corrected chi connectivity index (χ2v) is 13.2. The van der Waals surface area contributed by atoms with E-state index in [1.165, 1.54) is 11.1 Å². The summed E-state index contributed by atoms with van der Waals surface area (Å²) in [7, 11) is 0. The van der Waals surface area contributed by atoms with Crippen molar-refractivity contribution in [3.05, 3.63) is 80.3 Å². The van der Waals surface area contributed by atoms with E-state index in [2.05, 4.69) is 62.6 Å². The van der Waals surface area contributed by atoms with E-state index in [9.17, 15) is 19.8 Å². The van der Waals surface area contributed by atoms with Gasteiger partial charge < -0.3 is 26.3 Å². The molecule has 0 aromatic heterocycles. The predicted octanol–water partition coefficient (Wildman–Crippen LogP) is 3.69. The number of hydrogen-bond donors (Lipinski definition) is 4. The van der Waals surface area contributed by atoms with Crippen LogP contribution < -0.4 is 40.2 Å². The molecular formula is C36H47N2NaO5. The zero-order valence-electron chi connectivity index (χ0n) is 27.9. The van der Waals surface area contributed by atoms with Gasteiger partial charge in [0.1, 0.15) is 11.5 Å². The van der Waals surface area contributed by atoms with Crippen molar-refractivity contribution in [2.45, 2.75) is 105 Å². The zero-order chi connectivity index (χ0) is 30.7. The molecule has 2 atom stereocenters. The van der Waals surface area contributed by atoms with Crippen LogP contribution in [0.1, 0.15) is 97.9 Å². The minimum atomic E-state index is -0.575. The summed E-state index contributed by atoms with van der Waals surface area (Å²) in [5, 5.41) is 27.5. The first-order chi connectivity index (χ1) is 19.8. The molecule has 7 nitrogen and oxygen atoms in total. The van der Waals surface area contributed by atoms with Gasteiger partial charge in [0.05, 0.1) is 22.2 Å². The number of hydrogen-bond acceptors (Lipinski definition) is 5. The molecule has 2 aromatic carbocycles. The van der Waals surface area contributed by atoms with Gasteiger partial charge in [-0.25, -0.2) is 0 Å². The van der Waals surface area contributed by atoms with Crippen LogP contribution >= 0.6 is 0 Å². The molecule has 2 aromatic rings. The van der Waals surface area contributed by atoms with E-state index in [4.69, 9.17) is 0 Å². The number of amides is 2. The summed E-state index contributed by atoms with van der Waals surface area (Å²) in [5.41, 5.74) is 8.42. The normalized spacial score (nSPS) is 24.3. The molecule has 2 aliphatic carbocycles. The molecule has 6 rings (SSSR count). The Morgan fingerprint density at radius 2 is 1.00 bits per heavy atom. The third kappa shape index (κ3) is 6.13. The van der Waals surface area contributed by atoms with Crippen molar-refractivity contribution in [2.75, 3.05) is 0 Å². The van der Waals surface area contributed by atoms with Gasteiger partial charge in [0.2, 0.25) is 0 Å². The molecule has 2 heterocycles. The number of aryl methyl sites for hydroxylation is 6. The molecule has 0 bridgehead atoms. The third-order valence-electron chi connectivity index (χ3n) is 9.83. The molecule has 8 heteroatoms. The topological polar surface area (TPSA) is 129 Å². The Bertz CT molecular complexity index is 1440. The van der Waals surface area contributed by atoms with E-state index >= 15 is 0 Å². The quantitative estimate of drug-likeness (QED) is 0.371. The minimum absolute atomic E-state index is 0. The van der Waals surface area contributed by atoms with E-state index in [0.29, 0.717) is 23.0 Å². The van der Waals surface area contributed by atoms with Gasteiger partial charge in [-0.1, -0.05) is 49.2 Å². The zero-order valence-corrected chi connectivity index (χ0v) is 29.9. The maximum Gasteiger partial charge on any atom is 1.00 e. The molecule has 2 unspecified atom stereocenters. The van der Waals surface area contributed by atoms with Crippen molar-refractivity contribution >= 4 is 23.0 Å². The SMILES string of the molecule is CCc1cc(C)cc(C)c1C1=C(O)C(C)(C2CC2)NC1=O.CCc1cc(C)cc(C)c1C1=C(O)C(C)(C2CC2)NC1=O.[Na+].[OH-]. The minimum Gasteiger partial charge on any atom is -0.870 e. The predicted molar refractivity (Wildman–Crippen MR) is 170 cm³/mol. The van der Waals surface area contributed by atoms with E-state index in [1.54, 1.807) is 0 Å². The first kappa shape index (κ1) is 35.9. The smallest absolute Gasteiger partial charge is 0.870 e. The Labute approximate surface area is 284 Å². The Kier molecular flexibility index (Phi) is 10.6. The fraction of sp³-hybridized carbons (Fsp3) is 0.500. The summed E-state index contributed by atoms with van der Waals surface area (Å²) in [4.78, 5) is 25.0. The molecule has 232 valence electrons. The van der Waals surface area contributed by atoms with Gasteiger partial charge >= 0.3 is 29.6 Å². The fourth-order valence-corrected chi connectivity index (χ4v) is 7.21. The van der Waals surface area contributed by atoms with Gasteiger partial charge in [-0.2, -0.15) is 0 Å². The molecule has 44 heavy (non-hydrogen) atoms. The number of nitrogens with one attached hydrogen (secondary N) is 2. The Hall–Kier alpha value is -2.58. The van der Waals surface area contributed by atoms with Crippen molar-refractivity contribution in [1.82, 2.24) is 10.6 Å². The van der Waals surface area contributed by atoms with Crippen LogP contribution in [-0.4, -0.2) is 38.6 Å². The molecule has 0 saturated heterocycles. The molecule has 0 radical (unpaired) electrons. The van der Waals surface area contributed by atoms with Crippen LogP contribution in [0.2, 0.25) is 0 Å². The monoisotopic (exact) mass is 610 g/mol. The van der Waals surface area contributed by atoms with Gasteiger partial charge in [0.15, 0.2) is 0 Å². The number of aliphatic hydroxyl groups is 2. The molecular weight excluding hydrogens is 563 g/mol. The van der Waals surface area contributed by atoms with Gasteiger partial charge in [-0.15, -0.1) is 0 Å². The molecule has 2 fully saturated rings. The van der Waals surface area contributed by atoms with Crippen LogP contribution in [0.3, 0.4) is 0 Å². The molecule has 2 saturated carbocycles. The molecule has 5 N–H and O–H groups in total. The van der Waals surface area contributed by atoms with E-state index in [1.807, 2.05) is 27.7 Å². The van der Waals surface area contributed by atoms with Crippen molar-refractivity contribution in [2.24, 2.45) is 11.8 Å². The summed E-state index contributed by atoms with van der Waals surface area (Å²) in [6.07, 6.45) is 5.98. The van der Waals surface area contributed by atoms with Gasteiger partial charge in [-0.05, 0) is 125 Å². The summed E-state index contributed by atoms with van der Waals surface area (Å²) in [6.45, 7) is 16.2. The van der Waals surface area contributed by atoms with Crippen LogP contribution in [0.15, 0.2) is 35.8 Å². The van der Waals surface area contributed by atoms with Crippen LogP contribution in [0.25, 0.3) is 11.1 Å². The van der Waals surface area contributed by atoms with E-state index < -0.39 is 11.1 Å². The van der Waals surface area contributed by atoms with Crippen molar-refractivity contribution in [1.29, 1.82) is 0 Å². The molecule has 2 amide bonds. The largest absolute Gasteiger partial charge is 1.00 e. The summed E-state index contributed by atoms with van der Waals surface area (Å²) in [6, 6.07) is 8.38. The van der Waals surface area contributed by atoms with E-state index in [-0.39, 0.29) is 58.4 Å². The van der Waals surface area contributed by atoms with Gasteiger partial charge in [-0.3, -0.25) is 9.59 Å². The fourth-order valence-electron chi connectivity index (χ4n) is 7.21. The van der Waals surface area contributed by atoms with Crippen molar-refractivity contribution in [3.63, 3.8) is 0 Å². The first-order valence-corrected chi connectivity index (χ1v) is 15.5. The summed E-state index contributed by atoms with van der Waals surface area (Å²) in [5.74, 6) is 0.935. The third-order valence-corrected chi connectivity index (χ3v) is 9.83. The number of benzene rings is 2. The Balaban J connectivity index is 0.000000230. The average molecular weight is 611 g/mol. The summed E-state index contributed by atoms with van der Waals surface area (Å²) >= 11 is 0. The average Bonchev–Trinajstić information content (AvgIpc) is 3.83.